The van der Waals surface area contributed by atoms with Gasteiger partial charge in [0.15, 0.2) is 0 Å². The standard InChI is InChI=1S/C13H20O4/c1-7(14)16-11-6-12(17-8(2)15)10-5-9(11)13(10,3)4/h9-12H,5-6H2,1-4H3/t9-,10?,11?,12?/m0/s1. The number of esters is 2. The fourth-order valence-electron chi connectivity index (χ4n) is 3.50. The molecule has 0 aliphatic heterocycles. The first-order valence-corrected chi connectivity index (χ1v) is 6.16. The van der Waals surface area contributed by atoms with Crippen LogP contribution in [-0.2, 0) is 19.1 Å². The zero-order valence-corrected chi connectivity index (χ0v) is 10.9. The van der Waals surface area contributed by atoms with Gasteiger partial charge in [-0.1, -0.05) is 13.8 Å². The first kappa shape index (κ1) is 12.4. The Hall–Kier alpha value is -1.06. The summed E-state index contributed by atoms with van der Waals surface area (Å²) < 4.78 is 10.7. The number of hydrogen-bond donors (Lipinski definition) is 0. The molecule has 0 N–H and O–H groups in total. The molecule has 0 aromatic carbocycles. The fraction of sp³-hybridized carbons (Fsp3) is 0.846. The van der Waals surface area contributed by atoms with Crippen LogP contribution in [-0.4, -0.2) is 24.1 Å². The van der Waals surface area contributed by atoms with E-state index in [1.165, 1.54) is 13.8 Å². The van der Waals surface area contributed by atoms with Crippen LogP contribution in [0.15, 0.2) is 0 Å². The average molecular weight is 240 g/mol. The normalized spacial score (nSPS) is 37.9. The van der Waals surface area contributed by atoms with E-state index in [9.17, 15) is 9.59 Å². The molecule has 2 bridgehead atoms. The van der Waals surface area contributed by atoms with Crippen molar-refractivity contribution in [3.05, 3.63) is 0 Å². The number of hydrogen-bond acceptors (Lipinski definition) is 4. The molecule has 17 heavy (non-hydrogen) atoms. The van der Waals surface area contributed by atoms with E-state index < -0.39 is 0 Å². The summed E-state index contributed by atoms with van der Waals surface area (Å²) in [5.74, 6) is 0.307. The van der Waals surface area contributed by atoms with Crippen LogP contribution < -0.4 is 0 Å². The van der Waals surface area contributed by atoms with Crippen LogP contribution in [0.2, 0.25) is 0 Å². The van der Waals surface area contributed by atoms with Gasteiger partial charge in [0.1, 0.15) is 12.2 Å². The maximum Gasteiger partial charge on any atom is 0.302 e. The molecule has 0 heterocycles. The molecule has 3 fully saturated rings. The van der Waals surface area contributed by atoms with Crippen molar-refractivity contribution in [2.75, 3.05) is 0 Å². The van der Waals surface area contributed by atoms with Gasteiger partial charge in [-0.05, 0) is 11.8 Å². The number of ether oxygens (including phenoxy) is 2. The van der Waals surface area contributed by atoms with Crippen LogP contribution in [0, 0.1) is 17.3 Å². The molecular weight excluding hydrogens is 220 g/mol. The first-order valence-electron chi connectivity index (χ1n) is 6.16. The third-order valence-electron chi connectivity index (χ3n) is 4.42. The second-order valence-electron chi connectivity index (χ2n) is 5.80. The Balaban J connectivity index is 2.11. The highest BCUT2D eigenvalue weighted by atomic mass is 16.6. The predicted molar refractivity (Wildman–Crippen MR) is 61.1 cm³/mol. The highest BCUT2D eigenvalue weighted by Crippen LogP contribution is 2.60. The lowest BCUT2D eigenvalue weighted by Crippen LogP contribution is -2.62. The van der Waals surface area contributed by atoms with Gasteiger partial charge in [0.05, 0.1) is 0 Å². The molecule has 0 radical (unpaired) electrons. The Labute approximate surface area is 102 Å². The van der Waals surface area contributed by atoms with Gasteiger partial charge in [0.25, 0.3) is 0 Å². The minimum atomic E-state index is -0.252. The van der Waals surface area contributed by atoms with Crippen molar-refractivity contribution in [3.8, 4) is 0 Å². The molecule has 3 aliphatic carbocycles. The summed E-state index contributed by atoms with van der Waals surface area (Å²) in [4.78, 5) is 22.2. The molecule has 96 valence electrons. The maximum atomic E-state index is 11.1. The molecule has 0 aromatic rings. The number of rotatable bonds is 2. The van der Waals surface area contributed by atoms with Gasteiger partial charge in [-0.2, -0.15) is 0 Å². The molecule has 3 aliphatic rings. The summed E-state index contributed by atoms with van der Waals surface area (Å²) in [7, 11) is 0. The van der Waals surface area contributed by atoms with Crippen molar-refractivity contribution in [1.82, 2.24) is 0 Å². The molecule has 0 spiro atoms. The maximum absolute atomic E-state index is 11.1. The van der Waals surface area contributed by atoms with Crippen LogP contribution in [0.4, 0.5) is 0 Å². The van der Waals surface area contributed by atoms with Crippen molar-refractivity contribution in [3.63, 3.8) is 0 Å². The topological polar surface area (TPSA) is 52.6 Å². The van der Waals surface area contributed by atoms with Gasteiger partial charge in [0.2, 0.25) is 0 Å². The Kier molecular flexibility index (Phi) is 2.92. The third kappa shape index (κ3) is 2.05. The largest absolute Gasteiger partial charge is 0.462 e. The van der Waals surface area contributed by atoms with E-state index in [-0.39, 0.29) is 29.6 Å². The van der Waals surface area contributed by atoms with E-state index in [1.807, 2.05) is 0 Å². The molecule has 4 heteroatoms. The van der Waals surface area contributed by atoms with Gasteiger partial charge in [-0.15, -0.1) is 0 Å². The fourth-order valence-corrected chi connectivity index (χ4v) is 3.50. The molecule has 0 aromatic heterocycles. The smallest absolute Gasteiger partial charge is 0.302 e. The Morgan fingerprint density at radius 3 is 1.65 bits per heavy atom. The molecule has 0 amide bonds. The highest BCUT2D eigenvalue weighted by molar-refractivity contribution is 5.67. The summed E-state index contributed by atoms with van der Waals surface area (Å²) in [6.45, 7) is 7.19. The second-order valence-corrected chi connectivity index (χ2v) is 5.80. The quantitative estimate of drug-likeness (QED) is 0.692. The molecular formula is C13H20O4. The first-order chi connectivity index (χ1) is 7.82. The average Bonchev–Trinajstić information content (AvgIpc) is 2.13. The molecule has 3 saturated carbocycles. The number of fused-ring (bicyclic) bond motifs is 2. The minimum absolute atomic E-state index is 0.0957. The van der Waals surface area contributed by atoms with Crippen LogP contribution in [0.1, 0.15) is 40.5 Å². The Morgan fingerprint density at radius 1 is 0.941 bits per heavy atom. The minimum Gasteiger partial charge on any atom is -0.462 e. The summed E-state index contributed by atoms with van der Waals surface area (Å²) in [6, 6.07) is 0. The van der Waals surface area contributed by atoms with Crippen molar-refractivity contribution in [2.24, 2.45) is 17.3 Å². The Morgan fingerprint density at radius 2 is 1.35 bits per heavy atom. The van der Waals surface area contributed by atoms with Crippen LogP contribution >= 0.6 is 0 Å². The van der Waals surface area contributed by atoms with Gasteiger partial charge in [0, 0.05) is 32.1 Å². The summed E-state index contributed by atoms with van der Waals surface area (Å²) in [5.41, 5.74) is 0.0957. The zero-order valence-electron chi connectivity index (χ0n) is 10.9. The second kappa shape index (κ2) is 4.00. The SMILES string of the molecule is CC(=O)OC1CC(OC(C)=O)[C@@H]2CC1C2(C)C. The molecule has 0 saturated heterocycles. The summed E-state index contributed by atoms with van der Waals surface area (Å²) in [6.07, 6.45) is 1.44. The number of carbonyl (C=O) groups excluding carboxylic acids is 2. The van der Waals surface area contributed by atoms with E-state index in [0.29, 0.717) is 18.3 Å². The van der Waals surface area contributed by atoms with Gasteiger partial charge in [-0.3, -0.25) is 9.59 Å². The van der Waals surface area contributed by atoms with E-state index >= 15 is 0 Å². The summed E-state index contributed by atoms with van der Waals surface area (Å²) >= 11 is 0. The van der Waals surface area contributed by atoms with E-state index in [4.69, 9.17) is 9.47 Å². The van der Waals surface area contributed by atoms with Gasteiger partial charge >= 0.3 is 11.9 Å². The van der Waals surface area contributed by atoms with Crippen molar-refractivity contribution >= 4 is 11.9 Å². The zero-order chi connectivity index (χ0) is 12.8. The molecule has 4 atom stereocenters. The molecule has 4 nitrogen and oxygen atoms in total. The summed E-state index contributed by atoms with van der Waals surface area (Å²) in [5, 5.41) is 0. The van der Waals surface area contributed by atoms with E-state index in [1.54, 1.807) is 0 Å². The van der Waals surface area contributed by atoms with E-state index in [2.05, 4.69) is 13.8 Å². The highest BCUT2D eigenvalue weighted by Gasteiger charge is 2.60. The third-order valence-corrected chi connectivity index (χ3v) is 4.42. The van der Waals surface area contributed by atoms with Gasteiger partial charge < -0.3 is 9.47 Å². The Bertz CT molecular complexity index is 317. The number of carbonyl (C=O) groups is 2. The van der Waals surface area contributed by atoms with Crippen molar-refractivity contribution in [2.45, 2.75) is 52.7 Å². The molecule has 3 unspecified atom stereocenters. The van der Waals surface area contributed by atoms with Crippen molar-refractivity contribution < 1.29 is 19.1 Å². The predicted octanol–water partition coefficient (Wildman–Crippen LogP) is 1.92. The lowest BCUT2D eigenvalue weighted by atomic mass is 9.47. The van der Waals surface area contributed by atoms with Crippen LogP contribution in [0.5, 0.6) is 0 Å². The van der Waals surface area contributed by atoms with E-state index in [0.717, 1.165) is 6.42 Å². The van der Waals surface area contributed by atoms with Crippen LogP contribution in [0.3, 0.4) is 0 Å². The monoisotopic (exact) mass is 240 g/mol. The lowest BCUT2D eigenvalue weighted by molar-refractivity contribution is -0.220. The van der Waals surface area contributed by atoms with Crippen LogP contribution in [0.25, 0.3) is 0 Å². The van der Waals surface area contributed by atoms with Gasteiger partial charge in [-0.25, -0.2) is 0 Å². The lowest BCUT2D eigenvalue weighted by Gasteiger charge is -2.61. The molecule has 3 rings (SSSR count). The van der Waals surface area contributed by atoms with Crippen molar-refractivity contribution in [1.29, 1.82) is 0 Å².